The molecule has 2 N–H and O–H groups in total. The second-order valence-electron chi connectivity index (χ2n) is 6.47. The van der Waals surface area contributed by atoms with Crippen LogP contribution in [0.25, 0.3) is 5.52 Å². The van der Waals surface area contributed by atoms with Crippen LogP contribution in [0.15, 0.2) is 58.7 Å². The first-order chi connectivity index (χ1) is 13.3. The van der Waals surface area contributed by atoms with Crippen LogP contribution in [0.3, 0.4) is 0 Å². The van der Waals surface area contributed by atoms with Gasteiger partial charge in [-0.15, -0.1) is 5.10 Å². The van der Waals surface area contributed by atoms with Gasteiger partial charge in [-0.25, -0.2) is 9.50 Å². The second-order valence-corrected chi connectivity index (χ2v) is 7.51. The number of nitrogens with zero attached hydrogens (tertiary/aromatic N) is 4. The fraction of sp³-hybridized carbons (Fsp3) is 0.211. The van der Waals surface area contributed by atoms with Crippen LogP contribution in [0.4, 0.5) is 11.6 Å². The number of H-pyrrole nitrogens is 1. The molecular weight excluding hydrogens is 360 g/mol. The van der Waals surface area contributed by atoms with Crippen LogP contribution < -0.4 is 10.1 Å². The number of fused-ring (bicyclic) bond motifs is 1. The minimum absolute atomic E-state index is 0.606. The summed E-state index contributed by atoms with van der Waals surface area (Å²) in [6.07, 6.45) is 4.37. The van der Waals surface area contributed by atoms with Crippen molar-refractivity contribution in [3.8, 4) is 5.75 Å². The molecule has 0 atom stereocenters. The predicted molar refractivity (Wildman–Crippen MR) is 104 cm³/mol. The van der Waals surface area contributed by atoms with Crippen molar-refractivity contribution < 1.29 is 4.74 Å². The van der Waals surface area contributed by atoms with E-state index < -0.39 is 0 Å². The molecule has 0 unspecified atom stereocenters. The maximum atomic E-state index is 5.30. The smallest absolute Gasteiger partial charge is 0.214 e. The third-order valence-electron chi connectivity index (χ3n) is 4.47. The van der Waals surface area contributed by atoms with Gasteiger partial charge < -0.3 is 10.1 Å². The molecule has 0 saturated heterocycles. The summed E-state index contributed by atoms with van der Waals surface area (Å²) in [6.45, 7) is 0. The average molecular weight is 378 g/mol. The zero-order valence-electron chi connectivity index (χ0n) is 14.7. The molecule has 1 aromatic carbocycles. The fourth-order valence-electron chi connectivity index (χ4n) is 2.94. The summed E-state index contributed by atoms with van der Waals surface area (Å²) >= 11 is 1.49. The van der Waals surface area contributed by atoms with Gasteiger partial charge in [-0.1, -0.05) is 6.07 Å². The standard InChI is InChI=1S/C19H18N6OS/c1-26-13-4-2-5-14(10-13)27-19-21-18(16-6-3-9-25(16)24-19)20-17-11-15(22-23-17)12-7-8-12/h2-6,9-12H,7-8H2,1H3,(H2,20,21,22,23,24). The largest absolute Gasteiger partial charge is 0.497 e. The first kappa shape index (κ1) is 16.2. The Labute approximate surface area is 160 Å². The van der Waals surface area contributed by atoms with Gasteiger partial charge in [0.25, 0.3) is 0 Å². The van der Waals surface area contributed by atoms with Gasteiger partial charge in [0.15, 0.2) is 5.82 Å². The zero-order valence-corrected chi connectivity index (χ0v) is 15.5. The number of aromatic amines is 1. The minimum Gasteiger partial charge on any atom is -0.497 e. The Balaban J connectivity index is 1.46. The number of benzene rings is 1. The average Bonchev–Trinajstić information content (AvgIpc) is 3.23. The van der Waals surface area contributed by atoms with Crippen molar-refractivity contribution in [3.05, 3.63) is 54.4 Å². The molecule has 3 heterocycles. The van der Waals surface area contributed by atoms with Crippen molar-refractivity contribution in [2.24, 2.45) is 0 Å². The van der Waals surface area contributed by atoms with E-state index in [0.717, 1.165) is 33.5 Å². The number of methoxy groups -OCH3 is 1. The molecule has 1 aliphatic rings. The number of ether oxygens (including phenoxy) is 1. The van der Waals surface area contributed by atoms with E-state index >= 15 is 0 Å². The minimum atomic E-state index is 0.606. The second kappa shape index (κ2) is 6.62. The van der Waals surface area contributed by atoms with Crippen molar-refractivity contribution in [1.29, 1.82) is 0 Å². The van der Waals surface area contributed by atoms with Gasteiger partial charge in [-0.2, -0.15) is 5.10 Å². The number of hydrogen-bond acceptors (Lipinski definition) is 6. The number of rotatable bonds is 6. The Morgan fingerprint density at radius 2 is 2.15 bits per heavy atom. The molecule has 0 radical (unpaired) electrons. The summed E-state index contributed by atoms with van der Waals surface area (Å²) in [4.78, 5) is 5.74. The maximum Gasteiger partial charge on any atom is 0.214 e. The van der Waals surface area contributed by atoms with Gasteiger partial charge in [-0.05, 0) is 54.9 Å². The van der Waals surface area contributed by atoms with Crippen LogP contribution in [0.2, 0.25) is 0 Å². The molecule has 0 spiro atoms. The Hall–Kier alpha value is -3.00. The SMILES string of the molecule is COc1cccc(Sc2nc(Nc3cc(C4CC4)n[nH]3)c3cccn3n2)c1. The molecule has 0 bridgehead atoms. The van der Waals surface area contributed by atoms with Gasteiger partial charge >= 0.3 is 0 Å². The normalized spacial score (nSPS) is 13.8. The highest BCUT2D eigenvalue weighted by atomic mass is 32.2. The Morgan fingerprint density at radius 1 is 1.22 bits per heavy atom. The van der Waals surface area contributed by atoms with Crippen molar-refractivity contribution in [3.63, 3.8) is 0 Å². The topological polar surface area (TPSA) is 80.1 Å². The summed E-state index contributed by atoms with van der Waals surface area (Å²) in [5.74, 6) is 3.00. The highest BCUT2D eigenvalue weighted by molar-refractivity contribution is 7.99. The lowest BCUT2D eigenvalue weighted by atomic mass is 10.3. The summed E-state index contributed by atoms with van der Waals surface area (Å²) in [5, 5.41) is 16.1. The van der Waals surface area contributed by atoms with Crippen LogP contribution in [0, 0.1) is 0 Å². The van der Waals surface area contributed by atoms with Gasteiger partial charge in [0.2, 0.25) is 5.16 Å². The molecule has 8 heteroatoms. The van der Waals surface area contributed by atoms with E-state index in [4.69, 9.17) is 9.72 Å². The Kier molecular flexibility index (Phi) is 3.97. The maximum absolute atomic E-state index is 5.30. The lowest BCUT2D eigenvalue weighted by Crippen LogP contribution is -2.02. The Morgan fingerprint density at radius 3 is 3.00 bits per heavy atom. The summed E-state index contributed by atoms with van der Waals surface area (Å²) < 4.78 is 7.13. The molecular formula is C19H18N6OS. The van der Waals surface area contributed by atoms with Crippen LogP contribution in [-0.4, -0.2) is 31.9 Å². The first-order valence-corrected chi connectivity index (χ1v) is 9.60. The van der Waals surface area contributed by atoms with Crippen molar-refractivity contribution in [2.45, 2.75) is 28.8 Å². The molecule has 1 fully saturated rings. The van der Waals surface area contributed by atoms with E-state index in [9.17, 15) is 0 Å². The van der Waals surface area contributed by atoms with E-state index in [1.807, 2.05) is 47.1 Å². The first-order valence-electron chi connectivity index (χ1n) is 8.78. The predicted octanol–water partition coefficient (Wildman–Crippen LogP) is 4.23. The van der Waals surface area contributed by atoms with E-state index in [1.54, 1.807) is 7.11 Å². The summed E-state index contributed by atoms with van der Waals surface area (Å²) in [7, 11) is 1.66. The lowest BCUT2D eigenvalue weighted by Gasteiger charge is -2.08. The monoisotopic (exact) mass is 378 g/mol. The quantitative estimate of drug-likeness (QED) is 0.523. The molecule has 0 aliphatic heterocycles. The molecule has 1 saturated carbocycles. The lowest BCUT2D eigenvalue weighted by molar-refractivity contribution is 0.413. The van der Waals surface area contributed by atoms with Crippen molar-refractivity contribution in [1.82, 2.24) is 24.8 Å². The van der Waals surface area contributed by atoms with Gasteiger partial charge in [0.05, 0.1) is 12.8 Å². The van der Waals surface area contributed by atoms with E-state index in [-0.39, 0.29) is 0 Å². The fourth-order valence-corrected chi connectivity index (χ4v) is 3.74. The number of anilines is 2. The summed E-state index contributed by atoms with van der Waals surface area (Å²) in [5.41, 5.74) is 2.02. The highest BCUT2D eigenvalue weighted by Crippen LogP contribution is 2.39. The van der Waals surface area contributed by atoms with Gasteiger partial charge in [-0.3, -0.25) is 5.10 Å². The van der Waals surface area contributed by atoms with E-state index in [2.05, 4.69) is 26.7 Å². The number of nitrogens with one attached hydrogen (secondary N) is 2. The molecule has 5 rings (SSSR count). The molecule has 7 nitrogen and oxygen atoms in total. The van der Waals surface area contributed by atoms with Crippen LogP contribution in [0.5, 0.6) is 5.75 Å². The number of aromatic nitrogens is 5. The van der Waals surface area contributed by atoms with E-state index in [0.29, 0.717) is 11.1 Å². The van der Waals surface area contributed by atoms with Gasteiger partial charge in [0.1, 0.15) is 17.1 Å². The molecule has 1 aliphatic carbocycles. The third kappa shape index (κ3) is 3.35. The van der Waals surface area contributed by atoms with Crippen LogP contribution >= 0.6 is 11.8 Å². The van der Waals surface area contributed by atoms with Crippen LogP contribution in [0.1, 0.15) is 24.5 Å². The van der Waals surface area contributed by atoms with Crippen LogP contribution in [-0.2, 0) is 0 Å². The molecule has 136 valence electrons. The van der Waals surface area contributed by atoms with Crippen molar-refractivity contribution >= 4 is 28.9 Å². The Bertz CT molecular complexity index is 1100. The molecule has 0 amide bonds. The highest BCUT2D eigenvalue weighted by Gasteiger charge is 2.26. The molecule has 3 aromatic heterocycles. The summed E-state index contributed by atoms with van der Waals surface area (Å²) in [6, 6.07) is 13.9. The molecule has 27 heavy (non-hydrogen) atoms. The molecule has 4 aromatic rings. The third-order valence-corrected chi connectivity index (χ3v) is 5.31. The van der Waals surface area contributed by atoms with Crippen molar-refractivity contribution in [2.75, 3.05) is 12.4 Å². The zero-order chi connectivity index (χ0) is 18.2. The number of hydrogen-bond donors (Lipinski definition) is 2. The van der Waals surface area contributed by atoms with Gasteiger partial charge in [0, 0.05) is 23.1 Å². The van der Waals surface area contributed by atoms with E-state index in [1.165, 1.54) is 24.6 Å².